The summed E-state index contributed by atoms with van der Waals surface area (Å²) in [6, 6.07) is -0.486. The van der Waals surface area contributed by atoms with Crippen LogP contribution in [0.2, 0.25) is 0 Å². The highest BCUT2D eigenvalue weighted by atomic mass is 16.6. The molecule has 1 unspecified atom stereocenters. The van der Waals surface area contributed by atoms with Crippen molar-refractivity contribution in [2.24, 2.45) is 5.73 Å². The molecule has 0 heterocycles. The van der Waals surface area contributed by atoms with E-state index in [1.54, 1.807) is 0 Å². The molecule has 0 rings (SSSR count). The second kappa shape index (κ2) is 10.2. The second-order valence-corrected chi connectivity index (χ2v) is 6.48. The van der Waals surface area contributed by atoms with Crippen LogP contribution in [0.4, 0.5) is 0 Å². The van der Waals surface area contributed by atoms with Crippen LogP contribution in [-0.2, 0) is 9.53 Å². The number of unbranched alkanes of at least 4 members (excludes halogenated alkanes) is 1. The Kier molecular flexibility index (Phi) is 9.86. The normalized spacial score (nSPS) is 13.6. The first kappa shape index (κ1) is 19.4. The summed E-state index contributed by atoms with van der Waals surface area (Å²) in [6.45, 7) is 13.4. The molecule has 0 aliphatic rings. The molecule has 1 atom stereocenters. The van der Waals surface area contributed by atoms with Crippen molar-refractivity contribution in [2.75, 3.05) is 19.6 Å². The summed E-state index contributed by atoms with van der Waals surface area (Å²) in [7, 11) is 0. The molecule has 0 amide bonds. The van der Waals surface area contributed by atoms with Gasteiger partial charge in [-0.15, -0.1) is 0 Å². The highest BCUT2D eigenvalue weighted by molar-refractivity contribution is 5.75. The average molecular weight is 286 g/mol. The largest absolute Gasteiger partial charge is 0.459 e. The molecule has 0 bridgehead atoms. The van der Waals surface area contributed by atoms with Crippen LogP contribution in [0.5, 0.6) is 0 Å². The summed E-state index contributed by atoms with van der Waals surface area (Å²) in [5.74, 6) is -0.281. The zero-order chi connectivity index (χ0) is 15.6. The minimum absolute atomic E-state index is 0.281. The molecule has 0 saturated heterocycles. The van der Waals surface area contributed by atoms with Crippen molar-refractivity contribution in [2.45, 2.75) is 78.4 Å². The lowest BCUT2D eigenvalue weighted by atomic mass is 10.1. The van der Waals surface area contributed by atoms with Crippen LogP contribution in [0.25, 0.3) is 0 Å². The molecule has 0 fully saturated rings. The van der Waals surface area contributed by atoms with Gasteiger partial charge in [0.1, 0.15) is 11.6 Å². The molecule has 0 aromatic rings. The van der Waals surface area contributed by atoms with E-state index in [1.807, 2.05) is 20.8 Å². The minimum atomic E-state index is -0.486. The molecule has 0 spiro atoms. The Balaban J connectivity index is 3.84. The highest BCUT2D eigenvalue weighted by Gasteiger charge is 2.21. The Bertz CT molecular complexity index is 256. The van der Waals surface area contributed by atoms with Crippen molar-refractivity contribution in [3.8, 4) is 0 Å². The number of ether oxygens (including phenoxy) is 1. The van der Waals surface area contributed by atoms with Gasteiger partial charge < -0.3 is 15.4 Å². The van der Waals surface area contributed by atoms with Gasteiger partial charge in [0.2, 0.25) is 0 Å². The van der Waals surface area contributed by atoms with Crippen molar-refractivity contribution in [3.05, 3.63) is 0 Å². The maximum atomic E-state index is 11.7. The summed E-state index contributed by atoms with van der Waals surface area (Å²) in [5.41, 5.74) is 5.42. The lowest BCUT2D eigenvalue weighted by molar-refractivity contribution is -0.156. The van der Waals surface area contributed by atoms with Crippen LogP contribution >= 0.6 is 0 Å². The van der Waals surface area contributed by atoms with Gasteiger partial charge in [-0.1, -0.05) is 20.3 Å². The first-order chi connectivity index (χ1) is 9.30. The average Bonchev–Trinajstić information content (AvgIpc) is 2.32. The van der Waals surface area contributed by atoms with Gasteiger partial charge in [-0.3, -0.25) is 4.79 Å². The molecule has 0 aromatic carbocycles. The molecule has 4 heteroatoms. The zero-order valence-corrected chi connectivity index (χ0v) is 14.1. The SMILES string of the molecule is CCCN(CCC)CCCCC(N)C(=O)OC(C)(C)C. The fourth-order valence-corrected chi connectivity index (χ4v) is 2.16. The van der Waals surface area contributed by atoms with Gasteiger partial charge >= 0.3 is 5.97 Å². The summed E-state index contributed by atoms with van der Waals surface area (Å²) in [4.78, 5) is 14.2. The monoisotopic (exact) mass is 286 g/mol. The van der Waals surface area contributed by atoms with Crippen LogP contribution in [0.3, 0.4) is 0 Å². The standard InChI is InChI=1S/C16H34N2O2/c1-6-11-18(12-7-2)13-9-8-10-14(17)15(19)20-16(3,4)5/h14H,6-13,17H2,1-5H3. The molecule has 0 aliphatic carbocycles. The van der Waals surface area contributed by atoms with Crippen LogP contribution in [0.15, 0.2) is 0 Å². The van der Waals surface area contributed by atoms with Gasteiger partial charge in [-0.05, 0) is 66.1 Å². The number of carbonyl (C=O) groups excluding carboxylic acids is 1. The van der Waals surface area contributed by atoms with Gasteiger partial charge in [0, 0.05) is 0 Å². The highest BCUT2D eigenvalue weighted by Crippen LogP contribution is 2.10. The Morgan fingerprint density at radius 2 is 1.65 bits per heavy atom. The van der Waals surface area contributed by atoms with Crippen LogP contribution in [0.1, 0.15) is 66.7 Å². The van der Waals surface area contributed by atoms with Gasteiger partial charge in [0.15, 0.2) is 0 Å². The Labute approximate surface area is 125 Å². The van der Waals surface area contributed by atoms with E-state index in [4.69, 9.17) is 10.5 Å². The first-order valence-corrected chi connectivity index (χ1v) is 8.01. The number of carbonyl (C=O) groups is 1. The van der Waals surface area contributed by atoms with E-state index in [-0.39, 0.29) is 5.97 Å². The van der Waals surface area contributed by atoms with Crippen molar-refractivity contribution >= 4 is 5.97 Å². The van der Waals surface area contributed by atoms with Gasteiger partial charge in [0.25, 0.3) is 0 Å². The fraction of sp³-hybridized carbons (Fsp3) is 0.938. The molecule has 0 aromatic heterocycles. The van der Waals surface area contributed by atoms with Crippen LogP contribution in [0, 0.1) is 0 Å². The van der Waals surface area contributed by atoms with E-state index >= 15 is 0 Å². The summed E-state index contributed by atoms with van der Waals surface area (Å²) in [6.07, 6.45) is 5.16. The number of nitrogens with two attached hydrogens (primary N) is 1. The molecular formula is C16H34N2O2. The summed E-state index contributed by atoms with van der Waals surface area (Å²) < 4.78 is 5.28. The third-order valence-electron chi connectivity index (χ3n) is 3.03. The van der Waals surface area contributed by atoms with Crippen LogP contribution in [-0.4, -0.2) is 42.1 Å². The number of hydrogen-bond donors (Lipinski definition) is 1. The third-order valence-corrected chi connectivity index (χ3v) is 3.03. The van der Waals surface area contributed by atoms with E-state index in [0.717, 1.165) is 32.5 Å². The zero-order valence-electron chi connectivity index (χ0n) is 14.1. The van der Waals surface area contributed by atoms with E-state index in [9.17, 15) is 4.79 Å². The lowest BCUT2D eigenvalue weighted by Gasteiger charge is -2.23. The molecule has 0 saturated carbocycles. The van der Waals surface area contributed by atoms with Crippen molar-refractivity contribution < 1.29 is 9.53 Å². The van der Waals surface area contributed by atoms with Crippen molar-refractivity contribution in [1.82, 2.24) is 4.90 Å². The van der Waals surface area contributed by atoms with Gasteiger partial charge in [-0.25, -0.2) is 0 Å². The topological polar surface area (TPSA) is 55.6 Å². The number of rotatable bonds is 10. The summed E-state index contributed by atoms with van der Waals surface area (Å²) >= 11 is 0. The quantitative estimate of drug-likeness (QED) is 0.495. The molecule has 2 N–H and O–H groups in total. The van der Waals surface area contributed by atoms with Crippen molar-refractivity contribution in [3.63, 3.8) is 0 Å². The van der Waals surface area contributed by atoms with E-state index in [2.05, 4.69) is 18.7 Å². The Morgan fingerprint density at radius 1 is 1.10 bits per heavy atom. The maximum absolute atomic E-state index is 11.7. The first-order valence-electron chi connectivity index (χ1n) is 8.01. The summed E-state index contributed by atoms with van der Waals surface area (Å²) in [5, 5.41) is 0. The van der Waals surface area contributed by atoms with Gasteiger partial charge in [-0.2, -0.15) is 0 Å². The van der Waals surface area contributed by atoms with E-state index in [1.165, 1.54) is 12.8 Å². The minimum Gasteiger partial charge on any atom is -0.459 e. The molecule has 4 nitrogen and oxygen atoms in total. The number of esters is 1. The fourth-order valence-electron chi connectivity index (χ4n) is 2.16. The van der Waals surface area contributed by atoms with E-state index in [0.29, 0.717) is 6.42 Å². The molecular weight excluding hydrogens is 252 g/mol. The van der Waals surface area contributed by atoms with Crippen LogP contribution < -0.4 is 5.73 Å². The smallest absolute Gasteiger partial charge is 0.323 e. The second-order valence-electron chi connectivity index (χ2n) is 6.48. The lowest BCUT2D eigenvalue weighted by Crippen LogP contribution is -2.37. The molecule has 0 radical (unpaired) electrons. The molecule has 20 heavy (non-hydrogen) atoms. The Hall–Kier alpha value is -0.610. The van der Waals surface area contributed by atoms with Gasteiger partial charge in [0.05, 0.1) is 0 Å². The number of hydrogen-bond acceptors (Lipinski definition) is 4. The maximum Gasteiger partial charge on any atom is 0.323 e. The number of nitrogens with zero attached hydrogens (tertiary/aromatic N) is 1. The third kappa shape index (κ3) is 10.2. The molecule has 0 aliphatic heterocycles. The van der Waals surface area contributed by atoms with Crippen molar-refractivity contribution in [1.29, 1.82) is 0 Å². The Morgan fingerprint density at radius 3 is 2.10 bits per heavy atom. The predicted molar refractivity (Wildman–Crippen MR) is 84.7 cm³/mol. The molecule has 120 valence electrons. The van der Waals surface area contributed by atoms with E-state index < -0.39 is 11.6 Å². The predicted octanol–water partition coefficient (Wildman–Crippen LogP) is 2.95.